The van der Waals surface area contributed by atoms with E-state index in [2.05, 4.69) is 4.90 Å². The summed E-state index contributed by atoms with van der Waals surface area (Å²) in [5.74, 6) is 0. The lowest BCUT2D eigenvalue weighted by atomic mass is 10.2. The molecule has 0 saturated carbocycles. The molecule has 0 spiro atoms. The summed E-state index contributed by atoms with van der Waals surface area (Å²) >= 11 is 0. The molecule has 0 aromatic rings. The van der Waals surface area contributed by atoms with E-state index in [0.717, 1.165) is 19.0 Å². The first-order valence-electron chi connectivity index (χ1n) is 8.40. The monoisotopic (exact) mass is 303 g/mol. The van der Waals surface area contributed by atoms with Crippen molar-refractivity contribution in [3.63, 3.8) is 0 Å². The van der Waals surface area contributed by atoms with Crippen molar-refractivity contribution in [1.82, 2.24) is 4.90 Å². The minimum atomic E-state index is -2.42. The molecule has 1 rings (SSSR count). The van der Waals surface area contributed by atoms with Gasteiger partial charge in [0.05, 0.1) is 0 Å². The van der Waals surface area contributed by atoms with Gasteiger partial charge in [-0.15, -0.1) is 0 Å². The van der Waals surface area contributed by atoms with Crippen LogP contribution in [0.25, 0.3) is 0 Å². The van der Waals surface area contributed by atoms with Crippen molar-refractivity contribution in [2.75, 3.05) is 39.5 Å². The van der Waals surface area contributed by atoms with Crippen molar-refractivity contribution in [3.05, 3.63) is 0 Å². The van der Waals surface area contributed by atoms with Crippen LogP contribution in [-0.2, 0) is 13.3 Å². The number of hydrogen-bond acceptors (Lipinski definition) is 4. The van der Waals surface area contributed by atoms with E-state index in [1.807, 2.05) is 20.8 Å². The van der Waals surface area contributed by atoms with E-state index in [4.69, 9.17) is 13.3 Å². The Morgan fingerprint density at radius 1 is 0.800 bits per heavy atom. The SMILES string of the molecule is CCO[Si](CCCN1CCCCCC1)(OCC)OCC. The molecule has 0 unspecified atom stereocenters. The maximum atomic E-state index is 5.90. The zero-order valence-electron chi connectivity index (χ0n) is 13.7. The molecule has 120 valence electrons. The molecule has 0 aromatic carbocycles. The molecule has 1 aliphatic heterocycles. The van der Waals surface area contributed by atoms with Crippen molar-refractivity contribution in [2.45, 2.75) is 58.9 Å². The van der Waals surface area contributed by atoms with E-state index in [9.17, 15) is 0 Å². The average Bonchev–Trinajstić information content (AvgIpc) is 2.68. The van der Waals surface area contributed by atoms with Gasteiger partial charge in [0, 0.05) is 25.9 Å². The Hall–Kier alpha value is 0.0569. The van der Waals surface area contributed by atoms with Crippen LogP contribution in [0.5, 0.6) is 0 Å². The second kappa shape index (κ2) is 10.7. The predicted molar refractivity (Wildman–Crippen MR) is 85.0 cm³/mol. The van der Waals surface area contributed by atoms with Gasteiger partial charge in [-0.25, -0.2) is 0 Å². The van der Waals surface area contributed by atoms with E-state index in [1.165, 1.54) is 38.8 Å². The molecule has 0 N–H and O–H groups in total. The van der Waals surface area contributed by atoms with Crippen LogP contribution >= 0.6 is 0 Å². The Morgan fingerprint density at radius 3 is 1.75 bits per heavy atom. The minimum Gasteiger partial charge on any atom is -0.374 e. The second-order valence-electron chi connectivity index (χ2n) is 5.34. The molecule has 1 heterocycles. The third-order valence-corrected chi connectivity index (χ3v) is 6.90. The van der Waals surface area contributed by atoms with Crippen LogP contribution < -0.4 is 0 Å². The minimum absolute atomic E-state index is 0.677. The van der Waals surface area contributed by atoms with Gasteiger partial charge < -0.3 is 18.2 Å². The van der Waals surface area contributed by atoms with Gasteiger partial charge in [-0.2, -0.15) is 0 Å². The molecule has 20 heavy (non-hydrogen) atoms. The van der Waals surface area contributed by atoms with Crippen molar-refractivity contribution < 1.29 is 13.3 Å². The Bertz CT molecular complexity index is 216. The highest BCUT2D eigenvalue weighted by Gasteiger charge is 2.39. The average molecular weight is 304 g/mol. The van der Waals surface area contributed by atoms with E-state index < -0.39 is 8.80 Å². The van der Waals surface area contributed by atoms with E-state index in [0.29, 0.717) is 19.8 Å². The number of hydrogen-bond donors (Lipinski definition) is 0. The molecular weight excluding hydrogens is 270 g/mol. The first-order chi connectivity index (χ1) is 9.76. The van der Waals surface area contributed by atoms with E-state index in [1.54, 1.807) is 0 Å². The fraction of sp³-hybridized carbons (Fsp3) is 1.00. The molecule has 1 aliphatic rings. The highest BCUT2D eigenvalue weighted by molar-refractivity contribution is 6.60. The summed E-state index contributed by atoms with van der Waals surface area (Å²) in [6, 6.07) is 0.943. The van der Waals surface area contributed by atoms with Gasteiger partial charge in [-0.1, -0.05) is 12.8 Å². The van der Waals surface area contributed by atoms with Crippen molar-refractivity contribution >= 4 is 8.80 Å². The van der Waals surface area contributed by atoms with Gasteiger partial charge in [-0.3, -0.25) is 0 Å². The number of rotatable bonds is 10. The molecule has 0 atom stereocenters. The largest absolute Gasteiger partial charge is 0.500 e. The normalized spacial score (nSPS) is 18.1. The summed E-state index contributed by atoms with van der Waals surface area (Å²) in [4.78, 5) is 2.59. The molecular formula is C15H33NO3Si. The van der Waals surface area contributed by atoms with Crippen LogP contribution in [-0.4, -0.2) is 53.2 Å². The summed E-state index contributed by atoms with van der Waals surface area (Å²) < 4.78 is 17.7. The molecule has 0 radical (unpaired) electrons. The Labute approximate surface area is 126 Å². The zero-order chi connectivity index (χ0) is 14.7. The smallest absolute Gasteiger partial charge is 0.374 e. The second-order valence-corrected chi connectivity index (χ2v) is 8.07. The number of nitrogens with zero attached hydrogens (tertiary/aromatic N) is 1. The van der Waals surface area contributed by atoms with Crippen LogP contribution in [0.4, 0.5) is 0 Å². The van der Waals surface area contributed by atoms with Crippen LogP contribution in [0.3, 0.4) is 0 Å². The third-order valence-electron chi connectivity index (χ3n) is 3.75. The standard InChI is InChI=1S/C15H33NO3Si/c1-4-17-20(18-5-2,19-6-3)15-11-14-16-12-9-7-8-10-13-16/h4-15H2,1-3H3. The van der Waals surface area contributed by atoms with Crippen molar-refractivity contribution in [2.24, 2.45) is 0 Å². The predicted octanol–water partition coefficient (Wildman–Crippen LogP) is 3.30. The maximum absolute atomic E-state index is 5.90. The first-order valence-corrected chi connectivity index (χ1v) is 10.3. The van der Waals surface area contributed by atoms with Gasteiger partial charge >= 0.3 is 8.80 Å². The van der Waals surface area contributed by atoms with Crippen LogP contribution in [0, 0.1) is 0 Å². The van der Waals surface area contributed by atoms with Crippen molar-refractivity contribution in [3.8, 4) is 0 Å². The van der Waals surface area contributed by atoms with Crippen LogP contribution in [0.15, 0.2) is 0 Å². The number of likely N-dealkylation sites (tertiary alicyclic amines) is 1. The molecule has 4 nitrogen and oxygen atoms in total. The summed E-state index contributed by atoms with van der Waals surface area (Å²) in [6.45, 7) is 11.8. The lowest BCUT2D eigenvalue weighted by molar-refractivity contribution is 0.0699. The van der Waals surface area contributed by atoms with Gasteiger partial charge in [0.2, 0.25) is 0 Å². The molecule has 0 aromatic heterocycles. The third kappa shape index (κ3) is 6.67. The van der Waals surface area contributed by atoms with E-state index in [-0.39, 0.29) is 0 Å². The van der Waals surface area contributed by atoms with Crippen molar-refractivity contribution in [1.29, 1.82) is 0 Å². The van der Waals surface area contributed by atoms with Gasteiger partial charge in [0.15, 0.2) is 0 Å². The summed E-state index contributed by atoms with van der Waals surface area (Å²) in [6.07, 6.45) is 6.61. The maximum Gasteiger partial charge on any atom is 0.500 e. The van der Waals surface area contributed by atoms with Gasteiger partial charge in [-0.05, 0) is 59.7 Å². The lowest BCUT2D eigenvalue weighted by Gasteiger charge is -2.29. The van der Waals surface area contributed by atoms with Crippen LogP contribution in [0.2, 0.25) is 6.04 Å². The van der Waals surface area contributed by atoms with E-state index >= 15 is 0 Å². The molecule has 0 bridgehead atoms. The zero-order valence-corrected chi connectivity index (χ0v) is 14.7. The Balaban J connectivity index is 2.39. The summed E-state index contributed by atoms with van der Waals surface area (Å²) in [5, 5.41) is 0. The Morgan fingerprint density at radius 2 is 1.30 bits per heavy atom. The van der Waals surface area contributed by atoms with Gasteiger partial charge in [0.25, 0.3) is 0 Å². The fourth-order valence-electron chi connectivity index (χ4n) is 2.88. The molecule has 1 fully saturated rings. The molecule has 0 aliphatic carbocycles. The molecule has 5 heteroatoms. The Kier molecular flexibility index (Phi) is 9.72. The highest BCUT2D eigenvalue weighted by Crippen LogP contribution is 2.19. The van der Waals surface area contributed by atoms with Crippen LogP contribution in [0.1, 0.15) is 52.9 Å². The molecule has 0 amide bonds. The summed E-state index contributed by atoms with van der Waals surface area (Å²) in [7, 11) is -2.42. The molecule has 1 saturated heterocycles. The highest BCUT2D eigenvalue weighted by atomic mass is 28.4. The fourth-order valence-corrected chi connectivity index (χ4v) is 5.47. The first kappa shape index (κ1) is 18.1. The van der Waals surface area contributed by atoms with Gasteiger partial charge in [0.1, 0.15) is 0 Å². The lowest BCUT2D eigenvalue weighted by Crippen LogP contribution is -2.46. The quantitative estimate of drug-likeness (QED) is 0.579. The summed E-state index contributed by atoms with van der Waals surface area (Å²) in [5.41, 5.74) is 0. The topological polar surface area (TPSA) is 30.9 Å².